The molecule has 0 bridgehead atoms. The summed E-state index contributed by atoms with van der Waals surface area (Å²) in [5.41, 5.74) is 2.66. The van der Waals surface area contributed by atoms with Crippen LogP contribution in [0.2, 0.25) is 0 Å². The van der Waals surface area contributed by atoms with Gasteiger partial charge in [0.2, 0.25) is 5.96 Å². The van der Waals surface area contributed by atoms with E-state index in [2.05, 4.69) is 29.6 Å². The molecule has 0 spiro atoms. The van der Waals surface area contributed by atoms with Crippen molar-refractivity contribution in [2.45, 2.75) is 32.4 Å². The number of nitrogens with two attached hydrogens (primary N) is 1. The number of hydrogen-bond acceptors (Lipinski definition) is 4. The second kappa shape index (κ2) is 6.18. The monoisotopic (exact) mass is 244 g/mol. The van der Waals surface area contributed by atoms with E-state index in [4.69, 9.17) is 15.3 Å². The third-order valence-electron chi connectivity index (χ3n) is 3.48. The minimum atomic E-state index is 0.0909. The van der Waals surface area contributed by atoms with Crippen LogP contribution in [-0.2, 0) is 9.47 Å². The zero-order valence-corrected chi connectivity index (χ0v) is 11.1. The molecule has 0 radical (unpaired) electrons. The van der Waals surface area contributed by atoms with Gasteiger partial charge in [-0.1, -0.05) is 13.8 Å². The summed E-state index contributed by atoms with van der Waals surface area (Å²) >= 11 is 0. The molecule has 0 saturated heterocycles. The maximum Gasteiger partial charge on any atom is 0.206 e. The lowest BCUT2D eigenvalue weighted by Crippen LogP contribution is -2.63. The first-order chi connectivity index (χ1) is 8.06. The fourth-order valence-electron chi connectivity index (χ4n) is 2.08. The Labute approximate surface area is 103 Å². The Hall–Kier alpha value is -0.850. The van der Waals surface area contributed by atoms with Gasteiger partial charge < -0.3 is 14.8 Å². The van der Waals surface area contributed by atoms with Gasteiger partial charge >= 0.3 is 0 Å². The van der Waals surface area contributed by atoms with Crippen molar-refractivity contribution in [2.24, 2.45) is 16.3 Å². The first-order valence-electron chi connectivity index (χ1n) is 5.85. The highest BCUT2D eigenvalue weighted by Gasteiger charge is 2.48. The van der Waals surface area contributed by atoms with Gasteiger partial charge in [0, 0.05) is 25.7 Å². The van der Waals surface area contributed by atoms with Crippen molar-refractivity contribution in [2.75, 3.05) is 27.4 Å². The van der Waals surface area contributed by atoms with Crippen molar-refractivity contribution in [3.63, 3.8) is 0 Å². The Morgan fingerprint density at radius 1 is 1.47 bits per heavy atom. The van der Waals surface area contributed by atoms with Gasteiger partial charge in [0.25, 0.3) is 0 Å². The molecule has 1 fully saturated rings. The number of guanidine groups is 1. The van der Waals surface area contributed by atoms with Crippen LogP contribution in [0.5, 0.6) is 0 Å². The minimum Gasteiger partial charge on any atom is -0.383 e. The van der Waals surface area contributed by atoms with Gasteiger partial charge in [0.15, 0.2) is 0 Å². The molecule has 0 aromatic carbocycles. The van der Waals surface area contributed by atoms with Crippen molar-refractivity contribution in [1.82, 2.24) is 10.7 Å². The van der Waals surface area contributed by atoms with E-state index >= 15 is 0 Å². The quantitative estimate of drug-likeness (QED) is 0.206. The van der Waals surface area contributed by atoms with Crippen LogP contribution in [0.4, 0.5) is 0 Å². The Morgan fingerprint density at radius 3 is 2.65 bits per heavy atom. The van der Waals surface area contributed by atoms with E-state index in [1.807, 2.05) is 0 Å². The molecule has 17 heavy (non-hydrogen) atoms. The Bertz CT molecular complexity index is 268. The van der Waals surface area contributed by atoms with E-state index in [0.717, 1.165) is 6.42 Å². The maximum absolute atomic E-state index is 5.42. The lowest BCUT2D eigenvalue weighted by Gasteiger charge is -2.51. The standard InChI is InChI=1S/C11H24N4O2/c1-11(2)8(7-9(11)17-4)14-10(15-12)13-5-6-16-3/h8-9H,5-7,12H2,1-4H3,(H2,13,14,15). The highest BCUT2D eigenvalue weighted by atomic mass is 16.5. The molecule has 100 valence electrons. The van der Waals surface area contributed by atoms with E-state index in [-0.39, 0.29) is 11.5 Å². The fraction of sp³-hybridized carbons (Fsp3) is 0.909. The van der Waals surface area contributed by atoms with E-state index in [1.165, 1.54) is 0 Å². The summed E-state index contributed by atoms with van der Waals surface area (Å²) in [6.45, 7) is 5.52. The second-order valence-electron chi connectivity index (χ2n) is 4.85. The lowest BCUT2D eigenvalue weighted by atomic mass is 9.64. The Balaban J connectivity index is 2.45. The average Bonchev–Trinajstić information content (AvgIpc) is 2.31. The lowest BCUT2D eigenvalue weighted by molar-refractivity contribution is -0.0922. The molecule has 1 aliphatic rings. The number of hydrogen-bond donors (Lipinski definition) is 3. The van der Waals surface area contributed by atoms with Crippen molar-refractivity contribution >= 4 is 5.96 Å². The molecule has 1 rings (SSSR count). The molecule has 4 N–H and O–H groups in total. The fourth-order valence-corrected chi connectivity index (χ4v) is 2.08. The molecule has 0 aliphatic heterocycles. The van der Waals surface area contributed by atoms with Crippen LogP contribution in [0.1, 0.15) is 20.3 Å². The van der Waals surface area contributed by atoms with Crippen molar-refractivity contribution < 1.29 is 9.47 Å². The van der Waals surface area contributed by atoms with Crippen LogP contribution < -0.4 is 16.6 Å². The molecule has 6 heteroatoms. The number of methoxy groups -OCH3 is 2. The van der Waals surface area contributed by atoms with E-state index < -0.39 is 0 Å². The summed E-state index contributed by atoms with van der Waals surface area (Å²) in [5, 5.41) is 3.29. The van der Waals surface area contributed by atoms with Gasteiger partial charge in [-0.15, -0.1) is 0 Å². The smallest absolute Gasteiger partial charge is 0.206 e. The topological polar surface area (TPSA) is 80.9 Å². The summed E-state index contributed by atoms with van der Waals surface area (Å²) in [6.07, 6.45) is 1.26. The first kappa shape index (κ1) is 14.2. The summed E-state index contributed by atoms with van der Waals surface area (Å²) in [4.78, 5) is 4.27. The predicted molar refractivity (Wildman–Crippen MR) is 67.6 cm³/mol. The van der Waals surface area contributed by atoms with Crippen molar-refractivity contribution in [3.8, 4) is 0 Å². The van der Waals surface area contributed by atoms with Crippen LogP contribution in [0.25, 0.3) is 0 Å². The zero-order valence-electron chi connectivity index (χ0n) is 11.1. The van der Waals surface area contributed by atoms with Gasteiger partial charge in [0.05, 0.1) is 19.3 Å². The molecule has 6 nitrogen and oxygen atoms in total. The third-order valence-corrected chi connectivity index (χ3v) is 3.48. The second-order valence-corrected chi connectivity index (χ2v) is 4.85. The van der Waals surface area contributed by atoms with Crippen LogP contribution in [0.15, 0.2) is 4.99 Å². The highest BCUT2D eigenvalue weighted by molar-refractivity contribution is 5.79. The number of nitrogens with zero attached hydrogens (tertiary/aromatic N) is 1. The molecule has 1 aliphatic carbocycles. The van der Waals surface area contributed by atoms with E-state index in [9.17, 15) is 0 Å². The van der Waals surface area contributed by atoms with Gasteiger partial charge in [-0.3, -0.25) is 5.43 Å². The molecule has 0 aromatic heterocycles. The zero-order chi connectivity index (χ0) is 12.9. The molecule has 2 atom stereocenters. The summed E-state index contributed by atoms with van der Waals surface area (Å²) in [5.74, 6) is 6.03. The van der Waals surface area contributed by atoms with E-state index in [1.54, 1.807) is 14.2 Å². The molecule has 0 amide bonds. The van der Waals surface area contributed by atoms with Crippen molar-refractivity contribution in [3.05, 3.63) is 0 Å². The van der Waals surface area contributed by atoms with Crippen LogP contribution >= 0.6 is 0 Å². The number of rotatable bonds is 5. The number of ether oxygens (including phenoxy) is 2. The number of hydrazine groups is 1. The van der Waals surface area contributed by atoms with Gasteiger partial charge in [0.1, 0.15) is 0 Å². The molecular weight excluding hydrogens is 220 g/mol. The van der Waals surface area contributed by atoms with Crippen LogP contribution in [0.3, 0.4) is 0 Å². The molecule has 0 heterocycles. The van der Waals surface area contributed by atoms with Crippen molar-refractivity contribution in [1.29, 1.82) is 0 Å². The maximum atomic E-state index is 5.42. The SMILES string of the molecule is COCCN=C(NN)NC1CC(OC)C1(C)C. The Morgan fingerprint density at radius 2 is 2.18 bits per heavy atom. The predicted octanol–water partition coefficient (Wildman–Crippen LogP) is -0.145. The summed E-state index contributed by atoms with van der Waals surface area (Å²) in [6, 6.07) is 0.324. The highest BCUT2D eigenvalue weighted by Crippen LogP contribution is 2.42. The first-order valence-corrected chi connectivity index (χ1v) is 5.85. The van der Waals surface area contributed by atoms with Crippen LogP contribution in [0, 0.1) is 5.41 Å². The average molecular weight is 244 g/mol. The van der Waals surface area contributed by atoms with Crippen LogP contribution in [-0.4, -0.2) is 45.5 Å². The molecule has 0 aromatic rings. The molecular formula is C11H24N4O2. The van der Waals surface area contributed by atoms with E-state index in [0.29, 0.717) is 25.2 Å². The normalized spacial score (nSPS) is 27.5. The van der Waals surface area contributed by atoms with Gasteiger partial charge in [-0.05, 0) is 6.42 Å². The molecule has 1 saturated carbocycles. The summed E-state index contributed by atoms with van der Waals surface area (Å²) < 4.78 is 10.3. The molecule has 2 unspecified atom stereocenters. The Kier molecular flexibility index (Phi) is 5.17. The third kappa shape index (κ3) is 3.31. The summed E-state index contributed by atoms with van der Waals surface area (Å²) in [7, 11) is 3.40. The van der Waals surface area contributed by atoms with Gasteiger partial charge in [-0.2, -0.15) is 0 Å². The minimum absolute atomic E-state index is 0.0909. The largest absolute Gasteiger partial charge is 0.383 e. The number of aliphatic imine (C=N–C) groups is 1. The number of nitrogens with one attached hydrogen (secondary N) is 2. The van der Waals surface area contributed by atoms with Gasteiger partial charge in [-0.25, -0.2) is 10.8 Å².